The summed E-state index contributed by atoms with van der Waals surface area (Å²) in [6, 6.07) is 0.465. The summed E-state index contributed by atoms with van der Waals surface area (Å²) in [4.78, 5) is 2.22. The molecule has 0 unspecified atom stereocenters. The number of rotatable bonds is 3. The van der Waals surface area contributed by atoms with Crippen LogP contribution in [-0.4, -0.2) is 4.98 Å². The topological polar surface area (TPSA) is 15.8 Å². The van der Waals surface area contributed by atoms with Crippen molar-refractivity contribution >= 4 is 10.9 Å². The highest BCUT2D eigenvalue weighted by Gasteiger charge is 2.36. The summed E-state index contributed by atoms with van der Waals surface area (Å²) in [7, 11) is 0. The van der Waals surface area contributed by atoms with Crippen LogP contribution < -0.4 is 0 Å². The molecule has 43 heavy (non-hydrogen) atoms. The summed E-state index contributed by atoms with van der Waals surface area (Å²) in [5, 5.41) is -1.19. The molecular formula is C27H6F15N. The van der Waals surface area contributed by atoms with Crippen LogP contribution in [0.25, 0.3) is 44.3 Å². The maximum Gasteiger partial charge on any atom is 0.200 e. The zero-order valence-corrected chi connectivity index (χ0v) is 20.3. The third kappa shape index (κ3) is 3.98. The third-order valence-electron chi connectivity index (χ3n) is 6.57. The Hall–Kier alpha value is -4.63. The van der Waals surface area contributed by atoms with Crippen LogP contribution in [0, 0.1) is 94.2 Å². The van der Waals surface area contributed by atoms with E-state index in [0.29, 0.717) is 12.3 Å². The molecule has 5 rings (SSSR count). The SMILES string of the molecule is Cc1cc(-c2c(F)c(F)c(F)c(F)c2F)c(-c2c(F)c(F)c(F)c(F)c2F)c2c(-c3c(F)c(F)c(F)c(F)c3F)c[nH]c12. The highest BCUT2D eigenvalue weighted by atomic mass is 19.2. The average Bonchev–Trinajstić information content (AvgIpc) is 3.41. The Morgan fingerprint density at radius 1 is 0.372 bits per heavy atom. The second kappa shape index (κ2) is 9.98. The molecule has 0 aliphatic rings. The van der Waals surface area contributed by atoms with Crippen LogP contribution in [0.2, 0.25) is 0 Å². The predicted molar refractivity (Wildman–Crippen MR) is 119 cm³/mol. The first-order valence-corrected chi connectivity index (χ1v) is 11.2. The minimum Gasteiger partial charge on any atom is -0.360 e. The summed E-state index contributed by atoms with van der Waals surface area (Å²) in [6.45, 7) is 0.985. The molecule has 1 N–H and O–H groups in total. The van der Waals surface area contributed by atoms with Gasteiger partial charge < -0.3 is 4.98 Å². The summed E-state index contributed by atoms with van der Waals surface area (Å²) >= 11 is 0. The molecule has 16 heteroatoms. The fourth-order valence-corrected chi connectivity index (χ4v) is 4.65. The molecule has 1 heterocycles. The lowest BCUT2D eigenvalue weighted by molar-refractivity contribution is 0.380. The van der Waals surface area contributed by atoms with Crippen LogP contribution in [0.4, 0.5) is 65.9 Å². The second-order valence-corrected chi connectivity index (χ2v) is 8.90. The Labute approximate surface area is 227 Å². The molecule has 0 aliphatic carbocycles. The van der Waals surface area contributed by atoms with E-state index < -0.39 is 137 Å². The zero-order valence-electron chi connectivity index (χ0n) is 20.3. The van der Waals surface area contributed by atoms with Gasteiger partial charge in [0.05, 0.1) is 16.7 Å². The third-order valence-corrected chi connectivity index (χ3v) is 6.57. The molecule has 224 valence electrons. The lowest BCUT2D eigenvalue weighted by Gasteiger charge is -2.19. The second-order valence-electron chi connectivity index (χ2n) is 8.90. The molecule has 0 spiro atoms. The standard InChI is InChI=1S/C27H6F15N/c1-4-2-5(9-12(28)18(34)24(40)19(35)13(9)29)7(11-16(32)22(38)26(42)23(39)17(11)33)8-6(3-43-27(4)8)10-14(30)20(36)25(41)21(37)15(10)31/h2-3,43H,1H3. The normalized spacial score (nSPS) is 11.7. The monoisotopic (exact) mass is 629 g/mol. The minimum absolute atomic E-state index is 0.392. The lowest BCUT2D eigenvalue weighted by Crippen LogP contribution is -2.08. The number of aromatic nitrogens is 1. The molecular weight excluding hydrogens is 623 g/mol. The molecule has 0 saturated heterocycles. The fourth-order valence-electron chi connectivity index (χ4n) is 4.65. The molecule has 5 aromatic rings. The van der Waals surface area contributed by atoms with E-state index >= 15 is 8.78 Å². The van der Waals surface area contributed by atoms with Gasteiger partial charge in [-0.05, 0) is 24.1 Å². The van der Waals surface area contributed by atoms with Crippen LogP contribution in [-0.2, 0) is 0 Å². The molecule has 1 nitrogen and oxygen atoms in total. The van der Waals surface area contributed by atoms with E-state index in [1.165, 1.54) is 0 Å². The van der Waals surface area contributed by atoms with E-state index in [1.807, 2.05) is 0 Å². The number of fused-ring (bicyclic) bond motifs is 1. The van der Waals surface area contributed by atoms with Gasteiger partial charge in [-0.2, -0.15) is 0 Å². The van der Waals surface area contributed by atoms with Gasteiger partial charge in [-0.25, -0.2) is 65.9 Å². The number of aryl methyl sites for hydroxylation is 1. The van der Waals surface area contributed by atoms with Gasteiger partial charge in [0.1, 0.15) is 0 Å². The summed E-state index contributed by atoms with van der Waals surface area (Å²) < 4.78 is 217. The van der Waals surface area contributed by atoms with Gasteiger partial charge in [-0.3, -0.25) is 0 Å². The van der Waals surface area contributed by atoms with Gasteiger partial charge in [-0.1, -0.05) is 0 Å². The predicted octanol–water partition coefficient (Wildman–Crippen LogP) is 9.56. The number of H-pyrrole nitrogens is 1. The molecule has 0 amide bonds. The lowest BCUT2D eigenvalue weighted by atomic mass is 9.86. The minimum atomic E-state index is -2.76. The van der Waals surface area contributed by atoms with Crippen LogP contribution in [0.3, 0.4) is 0 Å². The first kappa shape index (κ1) is 29.8. The molecule has 1 aromatic heterocycles. The van der Waals surface area contributed by atoms with E-state index in [1.54, 1.807) is 0 Å². The largest absolute Gasteiger partial charge is 0.360 e. The van der Waals surface area contributed by atoms with Gasteiger partial charge >= 0.3 is 0 Å². The molecule has 0 radical (unpaired) electrons. The van der Waals surface area contributed by atoms with Crippen molar-refractivity contribution < 1.29 is 65.9 Å². The van der Waals surface area contributed by atoms with Crippen molar-refractivity contribution in [1.82, 2.24) is 4.98 Å². The summed E-state index contributed by atoms with van der Waals surface area (Å²) in [5.74, 6) is -39.8. The van der Waals surface area contributed by atoms with E-state index in [4.69, 9.17) is 0 Å². The van der Waals surface area contributed by atoms with Crippen molar-refractivity contribution in [3.8, 4) is 33.4 Å². The van der Waals surface area contributed by atoms with E-state index in [9.17, 15) is 57.1 Å². The molecule has 0 atom stereocenters. The number of benzene rings is 4. The van der Waals surface area contributed by atoms with Crippen molar-refractivity contribution in [3.05, 3.63) is 105 Å². The van der Waals surface area contributed by atoms with Crippen molar-refractivity contribution in [2.45, 2.75) is 6.92 Å². The Morgan fingerprint density at radius 3 is 1.05 bits per heavy atom. The van der Waals surface area contributed by atoms with Gasteiger partial charge in [-0.15, -0.1) is 0 Å². The van der Waals surface area contributed by atoms with Crippen LogP contribution in [0.15, 0.2) is 12.3 Å². The first-order valence-electron chi connectivity index (χ1n) is 11.2. The highest BCUT2D eigenvalue weighted by Crippen LogP contribution is 2.49. The number of hydrogen-bond acceptors (Lipinski definition) is 0. The van der Waals surface area contributed by atoms with Crippen molar-refractivity contribution in [1.29, 1.82) is 0 Å². The Balaban J connectivity index is 2.14. The maximum atomic E-state index is 15.2. The Morgan fingerprint density at radius 2 is 0.674 bits per heavy atom. The highest BCUT2D eigenvalue weighted by molar-refractivity contribution is 6.12. The Kier molecular flexibility index (Phi) is 6.93. The zero-order chi connectivity index (χ0) is 32.0. The Bertz CT molecular complexity index is 1960. The molecule has 0 aliphatic heterocycles. The van der Waals surface area contributed by atoms with Gasteiger partial charge in [0.2, 0.25) is 17.5 Å². The van der Waals surface area contributed by atoms with Gasteiger partial charge in [0.15, 0.2) is 69.8 Å². The smallest absolute Gasteiger partial charge is 0.200 e. The van der Waals surface area contributed by atoms with Crippen LogP contribution in [0.1, 0.15) is 5.56 Å². The number of nitrogens with one attached hydrogen (secondary N) is 1. The first-order chi connectivity index (χ1) is 20.0. The van der Waals surface area contributed by atoms with Crippen molar-refractivity contribution in [3.63, 3.8) is 0 Å². The van der Waals surface area contributed by atoms with E-state index in [0.717, 1.165) is 6.92 Å². The maximum absolute atomic E-state index is 15.2. The summed E-state index contributed by atoms with van der Waals surface area (Å²) in [6.07, 6.45) is 0.452. The summed E-state index contributed by atoms with van der Waals surface area (Å²) in [5.41, 5.74) is -11.3. The van der Waals surface area contributed by atoms with Crippen molar-refractivity contribution in [2.24, 2.45) is 0 Å². The number of halogens is 15. The van der Waals surface area contributed by atoms with Crippen molar-refractivity contribution in [2.75, 3.05) is 0 Å². The van der Waals surface area contributed by atoms with Crippen LogP contribution >= 0.6 is 0 Å². The molecule has 0 saturated carbocycles. The molecule has 4 aromatic carbocycles. The quantitative estimate of drug-likeness (QED) is 0.116. The van der Waals surface area contributed by atoms with Gasteiger partial charge in [0.25, 0.3) is 0 Å². The van der Waals surface area contributed by atoms with E-state index in [-0.39, 0.29) is 0 Å². The fraction of sp³-hybridized carbons (Fsp3) is 0.0370. The molecule has 0 bridgehead atoms. The molecule has 0 fully saturated rings. The van der Waals surface area contributed by atoms with Crippen LogP contribution in [0.5, 0.6) is 0 Å². The number of hydrogen-bond donors (Lipinski definition) is 1. The van der Waals surface area contributed by atoms with E-state index in [2.05, 4.69) is 4.98 Å². The average molecular weight is 629 g/mol. The van der Waals surface area contributed by atoms with Gasteiger partial charge in [0, 0.05) is 28.2 Å². The number of aromatic amines is 1.